The molecular formula is C24H32N2O4S. The minimum absolute atomic E-state index is 0.274. The molecule has 3 rings (SSSR count). The lowest BCUT2D eigenvalue weighted by Gasteiger charge is -2.43. The second-order valence-electron chi connectivity index (χ2n) is 8.13. The molecule has 0 amide bonds. The number of benzene rings is 2. The number of sulfonamides is 1. The van der Waals surface area contributed by atoms with E-state index in [1.54, 1.807) is 20.4 Å². The number of hydrogen-bond acceptors (Lipinski definition) is 5. The van der Waals surface area contributed by atoms with E-state index >= 15 is 0 Å². The van der Waals surface area contributed by atoms with Gasteiger partial charge in [0.15, 0.2) is 0 Å². The Balaban J connectivity index is 1.81. The van der Waals surface area contributed by atoms with Crippen LogP contribution in [0, 0.1) is 5.92 Å². The van der Waals surface area contributed by atoms with Gasteiger partial charge in [-0.1, -0.05) is 38.1 Å². The van der Waals surface area contributed by atoms with Crippen LogP contribution in [0.25, 0.3) is 0 Å². The normalized spacial score (nSPS) is 16.7. The SMILES string of the molecule is COc1ccc(CN(Cc2ccc(OC)cc2)S(=O)(=O)C=CN2CCC2C(C)C)cc1. The maximum atomic E-state index is 13.3. The van der Waals surface area contributed by atoms with Crippen LogP contribution in [0.1, 0.15) is 31.4 Å². The molecule has 168 valence electrons. The summed E-state index contributed by atoms with van der Waals surface area (Å²) < 4.78 is 38.5. The minimum atomic E-state index is -3.62. The van der Waals surface area contributed by atoms with E-state index in [0.717, 1.165) is 35.6 Å². The smallest absolute Gasteiger partial charge is 0.238 e. The Labute approximate surface area is 186 Å². The first kappa shape index (κ1) is 23.2. The van der Waals surface area contributed by atoms with Gasteiger partial charge in [0.2, 0.25) is 10.0 Å². The van der Waals surface area contributed by atoms with Crippen molar-refractivity contribution in [2.75, 3.05) is 20.8 Å². The molecule has 0 aromatic heterocycles. The van der Waals surface area contributed by atoms with Crippen LogP contribution in [0.5, 0.6) is 11.5 Å². The third kappa shape index (κ3) is 6.02. The number of methoxy groups -OCH3 is 2. The van der Waals surface area contributed by atoms with Crippen LogP contribution in [-0.4, -0.2) is 44.4 Å². The van der Waals surface area contributed by atoms with Crippen LogP contribution < -0.4 is 9.47 Å². The summed E-state index contributed by atoms with van der Waals surface area (Å²) in [5.74, 6) is 1.98. The van der Waals surface area contributed by atoms with Crippen molar-refractivity contribution in [3.63, 3.8) is 0 Å². The number of nitrogens with zero attached hydrogens (tertiary/aromatic N) is 2. The van der Waals surface area contributed by atoms with Crippen molar-refractivity contribution >= 4 is 10.0 Å². The zero-order valence-electron chi connectivity index (χ0n) is 18.7. The Hall–Kier alpha value is -2.51. The predicted octanol–water partition coefficient (Wildman–Crippen LogP) is 4.24. The molecule has 2 aromatic rings. The Kier molecular flexibility index (Phi) is 7.62. The van der Waals surface area contributed by atoms with Crippen LogP contribution in [0.2, 0.25) is 0 Å². The molecule has 1 heterocycles. The molecule has 1 saturated heterocycles. The Morgan fingerprint density at radius 1 is 0.968 bits per heavy atom. The zero-order chi connectivity index (χ0) is 22.4. The van der Waals surface area contributed by atoms with E-state index in [4.69, 9.17) is 9.47 Å². The fourth-order valence-electron chi connectivity index (χ4n) is 3.67. The van der Waals surface area contributed by atoms with Gasteiger partial charge in [-0.3, -0.25) is 0 Å². The van der Waals surface area contributed by atoms with Crippen molar-refractivity contribution in [1.82, 2.24) is 9.21 Å². The van der Waals surface area contributed by atoms with Gasteiger partial charge in [0.1, 0.15) is 11.5 Å². The lowest BCUT2D eigenvalue weighted by Crippen LogP contribution is -2.47. The third-order valence-corrected chi connectivity index (χ3v) is 7.14. The van der Waals surface area contributed by atoms with E-state index in [0.29, 0.717) is 12.0 Å². The third-order valence-electron chi connectivity index (χ3n) is 5.70. The Morgan fingerprint density at radius 2 is 1.45 bits per heavy atom. The molecule has 0 radical (unpaired) electrons. The van der Waals surface area contributed by atoms with Gasteiger partial charge in [-0.2, -0.15) is 4.31 Å². The quantitative estimate of drug-likeness (QED) is 0.549. The summed E-state index contributed by atoms with van der Waals surface area (Å²) in [6.07, 6.45) is 2.84. The summed E-state index contributed by atoms with van der Waals surface area (Å²) in [5, 5.41) is 1.34. The van der Waals surface area contributed by atoms with Crippen LogP contribution in [0.15, 0.2) is 60.1 Å². The molecule has 6 nitrogen and oxygen atoms in total. The molecule has 0 saturated carbocycles. The molecular weight excluding hydrogens is 412 g/mol. The number of ether oxygens (including phenoxy) is 2. The molecule has 0 N–H and O–H groups in total. The highest BCUT2D eigenvalue weighted by Gasteiger charge is 2.29. The highest BCUT2D eigenvalue weighted by atomic mass is 32.2. The molecule has 1 atom stereocenters. The van der Waals surface area contributed by atoms with Gasteiger partial charge in [-0.25, -0.2) is 8.42 Å². The monoisotopic (exact) mass is 444 g/mol. The lowest BCUT2D eigenvalue weighted by atomic mass is 9.93. The maximum absolute atomic E-state index is 13.3. The average molecular weight is 445 g/mol. The first-order chi connectivity index (χ1) is 14.8. The van der Waals surface area contributed by atoms with Crippen molar-refractivity contribution in [2.45, 2.75) is 39.4 Å². The summed E-state index contributed by atoms with van der Waals surface area (Å²) in [5.41, 5.74) is 1.80. The fourth-order valence-corrected chi connectivity index (χ4v) is 4.82. The van der Waals surface area contributed by atoms with Gasteiger partial charge >= 0.3 is 0 Å². The molecule has 2 aromatic carbocycles. The van der Waals surface area contributed by atoms with Crippen LogP contribution in [0.4, 0.5) is 0 Å². The summed E-state index contributed by atoms with van der Waals surface area (Å²) in [6.45, 7) is 5.77. The van der Waals surface area contributed by atoms with Crippen molar-refractivity contribution < 1.29 is 17.9 Å². The van der Waals surface area contributed by atoms with Crippen LogP contribution >= 0.6 is 0 Å². The van der Waals surface area contributed by atoms with Gasteiger partial charge in [0.05, 0.1) is 19.6 Å². The van der Waals surface area contributed by atoms with Gasteiger partial charge in [-0.05, 0) is 47.7 Å². The molecule has 31 heavy (non-hydrogen) atoms. The Bertz CT molecular complexity index is 920. The molecule has 1 unspecified atom stereocenters. The Morgan fingerprint density at radius 3 is 1.81 bits per heavy atom. The zero-order valence-corrected chi connectivity index (χ0v) is 19.5. The van der Waals surface area contributed by atoms with Gasteiger partial charge in [0.25, 0.3) is 0 Å². The van der Waals surface area contributed by atoms with E-state index in [1.807, 2.05) is 48.5 Å². The van der Waals surface area contributed by atoms with Crippen LogP contribution in [-0.2, 0) is 23.1 Å². The standard InChI is InChI=1S/C24H32N2O4S/c1-19(2)24-13-14-25(24)15-16-31(27,28)26(17-20-5-9-22(29-3)10-6-20)18-21-7-11-23(30-4)12-8-21/h5-12,15-16,19,24H,13-14,17-18H2,1-4H3. The second-order valence-corrected chi connectivity index (χ2v) is 9.95. The van der Waals surface area contributed by atoms with Gasteiger partial charge < -0.3 is 14.4 Å². The first-order valence-corrected chi connectivity index (χ1v) is 12.0. The molecule has 0 aliphatic carbocycles. The van der Waals surface area contributed by atoms with E-state index in [1.165, 1.54) is 9.71 Å². The number of likely N-dealkylation sites (tertiary alicyclic amines) is 1. The summed E-state index contributed by atoms with van der Waals surface area (Å²) in [7, 11) is -0.399. The highest BCUT2D eigenvalue weighted by molar-refractivity contribution is 7.92. The van der Waals surface area contributed by atoms with Crippen molar-refractivity contribution in [3.8, 4) is 11.5 Å². The van der Waals surface area contributed by atoms with E-state index in [9.17, 15) is 8.42 Å². The predicted molar refractivity (Wildman–Crippen MR) is 123 cm³/mol. The maximum Gasteiger partial charge on any atom is 0.238 e. The minimum Gasteiger partial charge on any atom is -0.497 e. The molecule has 7 heteroatoms. The molecule has 0 bridgehead atoms. The van der Waals surface area contributed by atoms with Gasteiger partial charge in [0, 0.05) is 31.9 Å². The van der Waals surface area contributed by atoms with Crippen molar-refractivity contribution in [2.24, 2.45) is 5.92 Å². The lowest BCUT2D eigenvalue weighted by molar-refractivity contribution is 0.111. The summed E-state index contributed by atoms with van der Waals surface area (Å²) in [4.78, 5) is 2.11. The van der Waals surface area contributed by atoms with Gasteiger partial charge in [-0.15, -0.1) is 0 Å². The largest absolute Gasteiger partial charge is 0.497 e. The highest BCUT2D eigenvalue weighted by Crippen LogP contribution is 2.25. The summed E-state index contributed by atoms with van der Waals surface area (Å²) >= 11 is 0. The number of hydrogen-bond donors (Lipinski definition) is 0. The van der Waals surface area contributed by atoms with Crippen LogP contribution in [0.3, 0.4) is 0 Å². The number of rotatable bonds is 10. The first-order valence-electron chi connectivity index (χ1n) is 10.5. The molecule has 1 fully saturated rings. The van der Waals surface area contributed by atoms with Crippen molar-refractivity contribution in [3.05, 3.63) is 71.3 Å². The van der Waals surface area contributed by atoms with E-state index in [2.05, 4.69) is 18.7 Å². The van der Waals surface area contributed by atoms with Crippen molar-refractivity contribution in [1.29, 1.82) is 0 Å². The molecule has 1 aliphatic heterocycles. The van der Waals surface area contributed by atoms with E-state index in [-0.39, 0.29) is 13.1 Å². The van der Waals surface area contributed by atoms with E-state index < -0.39 is 10.0 Å². The molecule has 1 aliphatic rings. The second kappa shape index (κ2) is 10.2. The fraction of sp³-hybridized carbons (Fsp3) is 0.417. The topological polar surface area (TPSA) is 59.1 Å². The average Bonchev–Trinajstić information content (AvgIpc) is 2.73. The summed E-state index contributed by atoms with van der Waals surface area (Å²) in [6, 6.07) is 15.3. The molecule has 0 spiro atoms.